The molecule has 0 spiro atoms. The molecule has 2 atom stereocenters. The molecule has 0 aliphatic rings. The summed E-state index contributed by atoms with van der Waals surface area (Å²) in [6.07, 6.45) is -5.72. The maximum Gasteiger partial charge on any atom is 0.413 e. The lowest BCUT2D eigenvalue weighted by Crippen LogP contribution is -2.48. The molecular weight excluding hydrogens is 331 g/mol. The van der Waals surface area contributed by atoms with E-state index in [0.29, 0.717) is 0 Å². The predicted molar refractivity (Wildman–Crippen MR) is 89.1 cm³/mol. The molecule has 0 heterocycles. The number of rotatable bonds is 5. The minimum atomic E-state index is -4.47. The molecule has 132 valence electrons. The molecule has 0 bridgehead atoms. The van der Waals surface area contributed by atoms with Crippen LogP contribution in [-0.4, -0.2) is 35.8 Å². The number of halogens is 3. The minimum Gasteiger partial charge on any atom is -0.405 e. The van der Waals surface area contributed by atoms with Gasteiger partial charge >= 0.3 is 6.18 Å². The van der Waals surface area contributed by atoms with Gasteiger partial charge in [-0.3, -0.25) is 0 Å². The van der Waals surface area contributed by atoms with Crippen molar-refractivity contribution in [1.82, 2.24) is 0 Å². The van der Waals surface area contributed by atoms with E-state index in [9.17, 15) is 17.4 Å². The fourth-order valence-electron chi connectivity index (χ4n) is 1.15. The lowest BCUT2D eigenvalue weighted by atomic mass is 10.2. The number of hydrogen-bond donors (Lipinski definition) is 0. The van der Waals surface area contributed by atoms with E-state index in [4.69, 9.17) is 4.43 Å². The second-order valence-electron chi connectivity index (χ2n) is 7.79. The van der Waals surface area contributed by atoms with Gasteiger partial charge in [-0.2, -0.15) is 17.6 Å². The molecule has 0 fully saturated rings. The molecule has 0 amide bonds. The molecule has 0 N–H and O–H groups in total. The average Bonchev–Trinajstić information content (AvgIpc) is 2.22. The number of alkyl halides is 3. The van der Waals surface area contributed by atoms with Crippen molar-refractivity contribution in [3.63, 3.8) is 0 Å². The number of nitrogens with zero attached hydrogens (tertiary/aromatic N) is 1. The van der Waals surface area contributed by atoms with Gasteiger partial charge in [0.1, 0.15) is 17.1 Å². The summed E-state index contributed by atoms with van der Waals surface area (Å²) < 4.78 is 59.8. The van der Waals surface area contributed by atoms with Gasteiger partial charge in [-0.1, -0.05) is 20.8 Å². The van der Waals surface area contributed by atoms with Crippen LogP contribution in [0, 0.1) is 0 Å². The third kappa shape index (κ3) is 6.91. The Balaban J connectivity index is 5.06. The van der Waals surface area contributed by atoms with Gasteiger partial charge in [-0.15, -0.1) is 0 Å². The first kappa shape index (κ1) is 21.8. The Bertz CT molecular complexity index is 423. The fourth-order valence-corrected chi connectivity index (χ4v) is 2.98. The van der Waals surface area contributed by atoms with Gasteiger partial charge in [-0.05, 0) is 38.9 Å². The summed E-state index contributed by atoms with van der Waals surface area (Å²) in [6, 6.07) is 0. The van der Waals surface area contributed by atoms with Crippen molar-refractivity contribution in [2.45, 2.75) is 83.1 Å². The zero-order valence-electron chi connectivity index (χ0n) is 14.7. The normalized spacial score (nSPS) is 17.8. The maximum absolute atomic E-state index is 13.2. The zero-order valence-corrected chi connectivity index (χ0v) is 16.5. The highest BCUT2D eigenvalue weighted by Crippen LogP contribution is 2.40. The molecular formula is C14H28F3NO2SSi. The SMILES string of the molecule is CC(C)(C)[S@](=O)N=CCC(O[Si](C)(C)C(C)(C)C)C(F)(F)F. The van der Waals surface area contributed by atoms with E-state index >= 15 is 0 Å². The zero-order chi connectivity index (χ0) is 18.0. The topological polar surface area (TPSA) is 38.7 Å². The van der Waals surface area contributed by atoms with Crippen LogP contribution in [0.3, 0.4) is 0 Å². The van der Waals surface area contributed by atoms with Gasteiger partial charge in [0.05, 0.1) is 4.75 Å². The van der Waals surface area contributed by atoms with Crippen LogP contribution in [0.4, 0.5) is 13.2 Å². The van der Waals surface area contributed by atoms with Crippen LogP contribution in [0.25, 0.3) is 0 Å². The standard InChI is InChI=1S/C14H28F3NO2SSi/c1-12(2,3)21(19)18-10-9-11(14(15,16)17)20-22(7,8)13(4,5)6/h10-11H,9H2,1-8H3/t11?,21-/m0/s1. The highest BCUT2D eigenvalue weighted by molar-refractivity contribution is 7.85. The summed E-state index contributed by atoms with van der Waals surface area (Å²) in [5, 5.41) is -0.318. The van der Waals surface area contributed by atoms with Crippen LogP contribution < -0.4 is 0 Å². The molecule has 0 aromatic carbocycles. The van der Waals surface area contributed by atoms with Crippen LogP contribution in [-0.2, 0) is 15.4 Å². The van der Waals surface area contributed by atoms with E-state index in [1.54, 1.807) is 33.9 Å². The second kappa shape index (κ2) is 7.13. The Kier molecular flexibility index (Phi) is 7.06. The Hall–Kier alpha value is -0.213. The molecule has 22 heavy (non-hydrogen) atoms. The molecule has 0 aromatic rings. The Morgan fingerprint density at radius 2 is 1.59 bits per heavy atom. The second-order valence-corrected chi connectivity index (χ2v) is 14.5. The largest absolute Gasteiger partial charge is 0.413 e. The van der Waals surface area contributed by atoms with Crippen molar-refractivity contribution >= 4 is 25.5 Å². The van der Waals surface area contributed by atoms with Gasteiger partial charge in [0, 0.05) is 12.6 Å². The quantitative estimate of drug-likeness (QED) is 0.519. The van der Waals surface area contributed by atoms with Crippen LogP contribution in [0.2, 0.25) is 18.1 Å². The summed E-state index contributed by atoms with van der Waals surface area (Å²) in [5.74, 6) is 0. The van der Waals surface area contributed by atoms with E-state index in [1.807, 2.05) is 20.8 Å². The molecule has 0 rings (SSSR count). The highest BCUT2D eigenvalue weighted by atomic mass is 32.2. The predicted octanol–water partition coefficient (Wildman–Crippen LogP) is 4.86. The molecule has 1 unspecified atom stereocenters. The molecule has 0 radical (unpaired) electrons. The van der Waals surface area contributed by atoms with Crippen molar-refractivity contribution in [2.75, 3.05) is 0 Å². The molecule has 0 aliphatic heterocycles. The van der Waals surface area contributed by atoms with E-state index in [2.05, 4.69) is 4.40 Å². The lowest BCUT2D eigenvalue weighted by molar-refractivity contribution is -0.195. The van der Waals surface area contributed by atoms with Gasteiger partial charge in [0.15, 0.2) is 8.32 Å². The van der Waals surface area contributed by atoms with E-state index < -0.39 is 42.8 Å². The summed E-state index contributed by atoms with van der Waals surface area (Å²) in [6.45, 7) is 14.3. The van der Waals surface area contributed by atoms with Crippen molar-refractivity contribution in [2.24, 2.45) is 4.40 Å². The van der Waals surface area contributed by atoms with E-state index in [0.717, 1.165) is 6.21 Å². The Morgan fingerprint density at radius 3 is 1.91 bits per heavy atom. The van der Waals surface area contributed by atoms with Crippen molar-refractivity contribution in [1.29, 1.82) is 0 Å². The molecule has 0 aliphatic carbocycles. The van der Waals surface area contributed by atoms with Crippen LogP contribution >= 0.6 is 0 Å². The number of hydrogen-bond acceptors (Lipinski definition) is 2. The monoisotopic (exact) mass is 359 g/mol. The smallest absolute Gasteiger partial charge is 0.405 e. The first-order valence-corrected chi connectivity index (χ1v) is 11.2. The Labute approximate surface area is 135 Å². The summed E-state index contributed by atoms with van der Waals surface area (Å²) in [7, 11) is -4.11. The highest BCUT2D eigenvalue weighted by Gasteiger charge is 2.47. The Morgan fingerprint density at radius 1 is 1.14 bits per heavy atom. The molecule has 0 saturated heterocycles. The van der Waals surface area contributed by atoms with Gasteiger partial charge in [-0.25, -0.2) is 4.21 Å². The van der Waals surface area contributed by atoms with Crippen LogP contribution in [0.15, 0.2) is 4.40 Å². The maximum atomic E-state index is 13.2. The first-order valence-electron chi connectivity index (χ1n) is 7.17. The summed E-state index contributed by atoms with van der Waals surface area (Å²) in [4.78, 5) is 0. The summed E-state index contributed by atoms with van der Waals surface area (Å²) >= 11 is 0. The van der Waals surface area contributed by atoms with Crippen molar-refractivity contribution in [3.8, 4) is 0 Å². The van der Waals surface area contributed by atoms with Crippen LogP contribution in [0.5, 0.6) is 0 Å². The van der Waals surface area contributed by atoms with E-state index in [-0.39, 0.29) is 5.04 Å². The van der Waals surface area contributed by atoms with Gasteiger partial charge in [0.25, 0.3) is 0 Å². The molecule has 0 aromatic heterocycles. The third-order valence-electron chi connectivity index (χ3n) is 3.62. The fraction of sp³-hybridized carbons (Fsp3) is 0.929. The van der Waals surface area contributed by atoms with Crippen molar-refractivity contribution < 1.29 is 21.8 Å². The lowest BCUT2D eigenvalue weighted by Gasteiger charge is -2.39. The molecule has 0 saturated carbocycles. The molecule has 3 nitrogen and oxygen atoms in total. The first-order chi connectivity index (χ1) is 9.48. The average molecular weight is 360 g/mol. The summed E-state index contributed by atoms with van der Waals surface area (Å²) in [5.41, 5.74) is 0. The molecule has 8 heteroatoms. The van der Waals surface area contributed by atoms with Crippen molar-refractivity contribution in [3.05, 3.63) is 0 Å². The van der Waals surface area contributed by atoms with Crippen LogP contribution in [0.1, 0.15) is 48.0 Å². The minimum absolute atomic E-state index is 0.318. The van der Waals surface area contributed by atoms with E-state index in [1.165, 1.54) is 0 Å². The van der Waals surface area contributed by atoms with Gasteiger partial charge in [0.2, 0.25) is 0 Å². The van der Waals surface area contributed by atoms with Gasteiger partial charge < -0.3 is 4.43 Å². The third-order valence-corrected chi connectivity index (χ3v) is 9.50.